The summed E-state index contributed by atoms with van der Waals surface area (Å²) in [6, 6.07) is 0. The second-order valence-corrected chi connectivity index (χ2v) is 9.12. The van der Waals surface area contributed by atoms with Crippen molar-refractivity contribution < 1.29 is 11.3 Å². The molecule has 0 amide bonds. The summed E-state index contributed by atoms with van der Waals surface area (Å²) in [6.07, 6.45) is 8.07. The highest BCUT2D eigenvalue weighted by molar-refractivity contribution is 5.87. The zero-order valence-corrected chi connectivity index (χ0v) is 14.2. The molecule has 2 nitrogen and oxygen atoms in total. The van der Waals surface area contributed by atoms with Gasteiger partial charge < -0.3 is 5.11 Å². The van der Waals surface area contributed by atoms with Gasteiger partial charge in [-0.15, -0.1) is 0 Å². The van der Waals surface area contributed by atoms with E-state index in [0.717, 1.165) is 38.5 Å². The maximum Gasteiger partial charge on any atom is 0.139 e. The van der Waals surface area contributed by atoms with E-state index in [0.29, 0.717) is 30.5 Å². The quantitative estimate of drug-likeness (QED) is 0.679. The maximum atomic E-state index is 12.5. The van der Waals surface area contributed by atoms with Gasteiger partial charge in [0.05, 0.1) is 7.45 Å². The molecular formula is C20H30O2. The fourth-order valence-electron chi connectivity index (χ4n) is 6.91. The Kier molecular flexibility index (Phi) is 2.80. The lowest BCUT2D eigenvalue weighted by Gasteiger charge is -2.62. The zero-order chi connectivity index (χ0) is 16.7. The summed E-state index contributed by atoms with van der Waals surface area (Å²) < 4.78 is 8.06. The number of hydrogen-bond donors (Lipinski definition) is 1. The molecule has 122 valence electrons. The van der Waals surface area contributed by atoms with Crippen LogP contribution in [0, 0.1) is 28.1 Å². The molecule has 4 aliphatic rings. The third-order valence-electron chi connectivity index (χ3n) is 8.23. The number of carbonyl (C=O) groups is 1. The molecule has 6 atom stereocenters. The molecule has 4 aliphatic carbocycles. The molecule has 0 heterocycles. The van der Waals surface area contributed by atoms with Gasteiger partial charge in [0.25, 0.3) is 0 Å². The minimum absolute atomic E-state index is 0.0994. The van der Waals surface area contributed by atoms with E-state index in [1.54, 1.807) is 0 Å². The molecule has 0 aromatic heterocycles. The molecule has 0 radical (unpaired) electrons. The number of ketones is 1. The fourth-order valence-corrected chi connectivity index (χ4v) is 6.91. The van der Waals surface area contributed by atoms with Crippen LogP contribution in [0.5, 0.6) is 0 Å². The van der Waals surface area contributed by atoms with Crippen LogP contribution < -0.4 is 0 Å². The van der Waals surface area contributed by atoms with E-state index in [1.165, 1.54) is 5.57 Å². The van der Waals surface area contributed by atoms with Gasteiger partial charge in [0.1, 0.15) is 5.78 Å². The molecule has 0 unspecified atom stereocenters. The van der Waals surface area contributed by atoms with Gasteiger partial charge in [0.15, 0.2) is 0 Å². The van der Waals surface area contributed by atoms with Crippen molar-refractivity contribution in [2.45, 2.75) is 78.2 Å². The zero-order valence-electron chi connectivity index (χ0n) is 15.2. The van der Waals surface area contributed by atoms with Crippen molar-refractivity contribution in [3.63, 3.8) is 0 Å². The van der Waals surface area contributed by atoms with Gasteiger partial charge in [-0.25, -0.2) is 0 Å². The Bertz CT molecular complexity index is 594. The molecule has 22 heavy (non-hydrogen) atoms. The molecule has 2 heteroatoms. The van der Waals surface area contributed by atoms with Crippen LogP contribution in [0.15, 0.2) is 11.6 Å². The maximum absolute atomic E-state index is 12.5. The second-order valence-electron chi connectivity index (χ2n) is 9.12. The summed E-state index contributed by atoms with van der Waals surface area (Å²) in [5.74, 6) is 1.59. The summed E-state index contributed by atoms with van der Waals surface area (Å²) in [7, 11) is 0. The van der Waals surface area contributed by atoms with Gasteiger partial charge in [-0.05, 0) is 67.6 Å². The highest BCUT2D eigenvalue weighted by Gasteiger charge is 2.63. The number of carbonyl (C=O) groups excluding carboxylic acids is 1. The van der Waals surface area contributed by atoms with Crippen LogP contribution in [-0.2, 0) is 4.79 Å². The van der Waals surface area contributed by atoms with E-state index in [4.69, 9.17) is 1.37 Å². The van der Waals surface area contributed by atoms with Crippen LogP contribution in [0.3, 0.4) is 0 Å². The predicted molar refractivity (Wildman–Crippen MR) is 87.3 cm³/mol. The molecule has 1 N–H and O–H groups in total. The molecule has 0 bridgehead atoms. The second kappa shape index (κ2) is 4.47. The minimum atomic E-state index is -1.27. The topological polar surface area (TPSA) is 37.3 Å². The van der Waals surface area contributed by atoms with Gasteiger partial charge in [0.2, 0.25) is 0 Å². The van der Waals surface area contributed by atoms with Gasteiger partial charge in [-0.1, -0.05) is 32.4 Å². The average molecular weight is 304 g/mol. The molecular weight excluding hydrogens is 272 g/mol. The van der Waals surface area contributed by atoms with E-state index >= 15 is 0 Å². The summed E-state index contributed by atoms with van der Waals surface area (Å²) in [4.78, 5) is 12.5. The minimum Gasteiger partial charge on any atom is -0.393 e. The molecule has 0 aromatic carbocycles. The van der Waals surface area contributed by atoms with Crippen molar-refractivity contribution in [2.75, 3.05) is 0 Å². The first kappa shape index (κ1) is 13.8. The molecule has 3 fully saturated rings. The summed E-state index contributed by atoms with van der Waals surface area (Å²) in [6.45, 7) is 7.02. The lowest BCUT2D eigenvalue weighted by Crippen LogP contribution is -2.56. The van der Waals surface area contributed by atoms with Crippen LogP contribution in [0.1, 0.15) is 73.5 Å². The number of Topliss-reactive ketones (excluding diaryl/α,β-unsaturated/α-hetero) is 1. The van der Waals surface area contributed by atoms with Crippen LogP contribution in [0.4, 0.5) is 0 Å². The first-order valence-electron chi connectivity index (χ1n) is 9.57. The van der Waals surface area contributed by atoms with E-state index < -0.39 is 6.08 Å². The Balaban J connectivity index is 1.76. The third kappa shape index (κ3) is 1.68. The lowest BCUT2D eigenvalue weighted by atomic mass is 9.42. The number of hydrogen-bond acceptors (Lipinski definition) is 2. The summed E-state index contributed by atoms with van der Waals surface area (Å²) >= 11 is 0. The van der Waals surface area contributed by atoms with Crippen molar-refractivity contribution in [1.29, 1.82) is 0 Å². The highest BCUT2D eigenvalue weighted by atomic mass is 16.3. The van der Waals surface area contributed by atoms with Crippen molar-refractivity contribution >= 4 is 5.78 Å². The highest BCUT2D eigenvalue weighted by Crippen LogP contribution is 2.69. The van der Waals surface area contributed by atoms with Gasteiger partial charge >= 0.3 is 0 Å². The first-order valence-corrected chi connectivity index (χ1v) is 9.07. The third-order valence-corrected chi connectivity index (χ3v) is 8.23. The molecule has 0 spiro atoms. The van der Waals surface area contributed by atoms with E-state index in [-0.39, 0.29) is 16.2 Å². The Labute approximate surface area is 135 Å². The molecule has 0 aromatic rings. The molecule has 0 saturated heterocycles. The number of allylic oxidation sites excluding steroid dienone is 1. The fraction of sp³-hybridized carbons (Fsp3) is 0.850. The van der Waals surface area contributed by atoms with Gasteiger partial charge in [0, 0.05) is 11.8 Å². The first-order chi connectivity index (χ1) is 10.6. The van der Waals surface area contributed by atoms with Crippen molar-refractivity contribution in [1.82, 2.24) is 0 Å². The average Bonchev–Trinajstić information content (AvgIpc) is 2.77. The smallest absolute Gasteiger partial charge is 0.139 e. The Morgan fingerprint density at radius 1 is 1.14 bits per heavy atom. The van der Waals surface area contributed by atoms with Crippen LogP contribution in [0.2, 0.25) is 0 Å². The number of fused-ring (bicyclic) bond motifs is 5. The standard InChI is InChI=1S/C20H30O2/c1-18-10-7-14(21)12-13(18)6-9-19(2)15-4-5-17(22)20(15,3)11-8-16(18)19/h6,14-16,21H,4-5,7-12H2,1-3H3/t14-,15-,16+,18-,19-,20-/m0/s1/i14T. The lowest BCUT2D eigenvalue weighted by molar-refractivity contribution is -0.140. The summed E-state index contributed by atoms with van der Waals surface area (Å²) in [5, 5.41) is 10.2. The van der Waals surface area contributed by atoms with Crippen LogP contribution in [-0.4, -0.2) is 17.0 Å². The molecule has 4 rings (SSSR count). The summed E-state index contributed by atoms with van der Waals surface area (Å²) in [5.41, 5.74) is 1.54. The Morgan fingerprint density at radius 2 is 1.82 bits per heavy atom. The van der Waals surface area contributed by atoms with Gasteiger partial charge in [-0.3, -0.25) is 4.79 Å². The Hall–Kier alpha value is -0.630. The van der Waals surface area contributed by atoms with Crippen molar-refractivity contribution in [3.05, 3.63) is 11.6 Å². The molecule has 3 saturated carbocycles. The van der Waals surface area contributed by atoms with E-state index in [1.807, 2.05) is 0 Å². The number of aliphatic hydroxyl groups is 1. The largest absolute Gasteiger partial charge is 0.393 e. The van der Waals surface area contributed by atoms with Crippen LogP contribution >= 0.6 is 0 Å². The van der Waals surface area contributed by atoms with E-state index in [9.17, 15) is 9.90 Å². The van der Waals surface area contributed by atoms with Gasteiger partial charge in [-0.2, -0.15) is 0 Å². The van der Waals surface area contributed by atoms with E-state index in [2.05, 4.69) is 26.8 Å². The Morgan fingerprint density at radius 3 is 2.59 bits per heavy atom. The van der Waals surface area contributed by atoms with Crippen molar-refractivity contribution in [2.24, 2.45) is 28.1 Å². The SMILES string of the molecule is [3H][C@]1(O)CC[C@@]2(C)C(=CC[C@]3(C)[C@@H]2CC[C@]2(C)C(=O)CC[C@@H]32)C1. The predicted octanol–water partition coefficient (Wildman–Crippen LogP) is 4.27. The van der Waals surface area contributed by atoms with Crippen LogP contribution in [0.25, 0.3) is 0 Å². The number of rotatable bonds is 0. The molecule has 0 aliphatic heterocycles. The normalized spacial score (nSPS) is 58.3. The monoisotopic (exact) mass is 304 g/mol. The van der Waals surface area contributed by atoms with Crippen molar-refractivity contribution in [3.8, 4) is 0 Å².